The number of allylic oxidation sites excluding steroid dienone is 1. The van der Waals surface area contributed by atoms with Crippen LogP contribution in [0.15, 0.2) is 12.2 Å². The first-order valence-electron chi connectivity index (χ1n) is 4.42. The summed E-state index contributed by atoms with van der Waals surface area (Å²) in [7, 11) is 0. The summed E-state index contributed by atoms with van der Waals surface area (Å²) in [6, 6.07) is 0. The van der Waals surface area contributed by atoms with Crippen molar-refractivity contribution in [1.29, 1.82) is 0 Å². The van der Waals surface area contributed by atoms with Crippen LogP contribution >= 0.6 is 0 Å². The molecule has 0 N–H and O–H groups in total. The van der Waals surface area contributed by atoms with Gasteiger partial charge in [0, 0.05) is 12.8 Å². The Balaban J connectivity index is 2.11. The van der Waals surface area contributed by atoms with E-state index in [1.165, 1.54) is 12.0 Å². The van der Waals surface area contributed by atoms with Gasteiger partial charge in [0.05, 0.1) is 0 Å². The van der Waals surface area contributed by atoms with Gasteiger partial charge in [0.2, 0.25) is 0 Å². The molecule has 0 amide bonds. The van der Waals surface area contributed by atoms with Crippen LogP contribution in [0, 0.1) is 11.8 Å². The molecule has 0 spiro atoms. The van der Waals surface area contributed by atoms with Crippen LogP contribution in [0.5, 0.6) is 0 Å². The standard InChI is InChI=1S/C10H14O/c1-7-2-8-4-9(3-7)6-10(11)5-8/h8-9H,1-6H2/t8-,9?/m0/s1. The van der Waals surface area contributed by atoms with Crippen LogP contribution in [0.3, 0.4) is 0 Å². The number of fused-ring (bicyclic) bond motifs is 2. The van der Waals surface area contributed by atoms with Gasteiger partial charge in [0.25, 0.3) is 0 Å². The van der Waals surface area contributed by atoms with Gasteiger partial charge in [-0.2, -0.15) is 0 Å². The van der Waals surface area contributed by atoms with Gasteiger partial charge < -0.3 is 0 Å². The van der Waals surface area contributed by atoms with E-state index in [4.69, 9.17) is 0 Å². The molecule has 0 radical (unpaired) electrons. The highest BCUT2D eigenvalue weighted by Gasteiger charge is 2.31. The summed E-state index contributed by atoms with van der Waals surface area (Å²) in [6.45, 7) is 4.01. The summed E-state index contributed by atoms with van der Waals surface area (Å²) in [5.74, 6) is 1.80. The maximum atomic E-state index is 11.2. The van der Waals surface area contributed by atoms with Crippen LogP contribution in [0.1, 0.15) is 32.1 Å². The number of carbonyl (C=O) groups excluding carboxylic acids is 1. The van der Waals surface area contributed by atoms with E-state index < -0.39 is 0 Å². The van der Waals surface area contributed by atoms with Crippen molar-refractivity contribution in [2.24, 2.45) is 11.8 Å². The third kappa shape index (κ3) is 1.37. The van der Waals surface area contributed by atoms with Crippen molar-refractivity contribution in [3.8, 4) is 0 Å². The third-order valence-corrected chi connectivity index (χ3v) is 2.85. The molecule has 2 aliphatic carbocycles. The first kappa shape index (κ1) is 7.08. The van der Waals surface area contributed by atoms with Crippen molar-refractivity contribution in [3.63, 3.8) is 0 Å². The third-order valence-electron chi connectivity index (χ3n) is 2.85. The molecule has 2 atom stereocenters. The smallest absolute Gasteiger partial charge is 0.133 e. The monoisotopic (exact) mass is 150 g/mol. The van der Waals surface area contributed by atoms with Gasteiger partial charge in [-0.05, 0) is 31.1 Å². The summed E-state index contributed by atoms with van der Waals surface area (Å²) >= 11 is 0. The van der Waals surface area contributed by atoms with E-state index in [0.29, 0.717) is 17.6 Å². The van der Waals surface area contributed by atoms with Gasteiger partial charge in [-0.15, -0.1) is 0 Å². The number of Topliss-reactive ketones (excluding diaryl/α,β-unsaturated/α-hetero) is 1. The molecule has 0 aromatic rings. The molecule has 11 heavy (non-hydrogen) atoms. The lowest BCUT2D eigenvalue weighted by Crippen LogP contribution is -2.27. The van der Waals surface area contributed by atoms with E-state index in [2.05, 4.69) is 6.58 Å². The second-order valence-corrected chi connectivity index (χ2v) is 4.07. The maximum Gasteiger partial charge on any atom is 0.133 e. The highest BCUT2D eigenvalue weighted by molar-refractivity contribution is 5.79. The number of hydrogen-bond acceptors (Lipinski definition) is 1. The van der Waals surface area contributed by atoms with Gasteiger partial charge >= 0.3 is 0 Å². The van der Waals surface area contributed by atoms with E-state index in [0.717, 1.165) is 25.7 Å². The van der Waals surface area contributed by atoms with Crippen LogP contribution in [-0.4, -0.2) is 5.78 Å². The molecule has 2 bridgehead atoms. The normalized spacial score (nSPS) is 37.5. The van der Waals surface area contributed by atoms with Gasteiger partial charge in [-0.1, -0.05) is 12.2 Å². The second-order valence-electron chi connectivity index (χ2n) is 4.07. The minimum atomic E-state index is 0.485. The average molecular weight is 150 g/mol. The molecule has 0 aromatic carbocycles. The lowest BCUT2D eigenvalue weighted by molar-refractivity contribution is -0.123. The van der Waals surface area contributed by atoms with Crippen molar-refractivity contribution in [1.82, 2.24) is 0 Å². The molecule has 0 aliphatic heterocycles. The van der Waals surface area contributed by atoms with Crippen LogP contribution in [0.4, 0.5) is 0 Å². The van der Waals surface area contributed by atoms with Crippen LogP contribution in [0.25, 0.3) is 0 Å². The summed E-state index contributed by atoms with van der Waals surface area (Å²) in [6.07, 6.45) is 5.17. The van der Waals surface area contributed by atoms with Crippen LogP contribution in [0.2, 0.25) is 0 Å². The predicted molar refractivity (Wildman–Crippen MR) is 44.2 cm³/mol. The zero-order chi connectivity index (χ0) is 7.84. The summed E-state index contributed by atoms with van der Waals surface area (Å²) < 4.78 is 0. The molecule has 2 aliphatic rings. The molecule has 1 nitrogen and oxygen atoms in total. The Bertz CT molecular complexity index is 167. The van der Waals surface area contributed by atoms with Crippen LogP contribution in [-0.2, 0) is 4.79 Å². The molecule has 0 aromatic heterocycles. The zero-order valence-corrected chi connectivity index (χ0v) is 6.81. The fraction of sp³-hybridized carbons (Fsp3) is 0.700. The number of hydrogen-bond donors (Lipinski definition) is 0. The molecule has 0 saturated heterocycles. The zero-order valence-electron chi connectivity index (χ0n) is 6.81. The topological polar surface area (TPSA) is 17.1 Å². The van der Waals surface area contributed by atoms with Crippen molar-refractivity contribution < 1.29 is 4.79 Å². The first-order valence-corrected chi connectivity index (χ1v) is 4.42. The van der Waals surface area contributed by atoms with Gasteiger partial charge in [0.1, 0.15) is 5.78 Å². The Morgan fingerprint density at radius 2 is 1.64 bits per heavy atom. The summed E-state index contributed by atoms with van der Waals surface area (Å²) in [4.78, 5) is 11.2. The number of ketones is 1. The quantitative estimate of drug-likeness (QED) is 0.484. The van der Waals surface area contributed by atoms with Crippen molar-refractivity contribution in [2.75, 3.05) is 0 Å². The molecule has 0 heterocycles. The second kappa shape index (κ2) is 2.47. The Morgan fingerprint density at radius 3 is 2.18 bits per heavy atom. The molecule has 1 unspecified atom stereocenters. The minimum absolute atomic E-state index is 0.485. The molecular weight excluding hydrogens is 136 g/mol. The highest BCUT2D eigenvalue weighted by atomic mass is 16.1. The largest absolute Gasteiger partial charge is 0.300 e. The van der Waals surface area contributed by atoms with E-state index in [1.807, 2.05) is 0 Å². The van der Waals surface area contributed by atoms with Crippen LogP contribution < -0.4 is 0 Å². The molecule has 60 valence electrons. The SMILES string of the molecule is C=C1CC2CC(=O)C[C@@H](C1)C2. The lowest BCUT2D eigenvalue weighted by Gasteiger charge is -2.34. The highest BCUT2D eigenvalue weighted by Crippen LogP contribution is 2.39. The molecule has 1 heteroatoms. The minimum Gasteiger partial charge on any atom is -0.300 e. The van der Waals surface area contributed by atoms with Gasteiger partial charge in [-0.25, -0.2) is 0 Å². The molecule has 2 rings (SSSR count). The Hall–Kier alpha value is -0.590. The van der Waals surface area contributed by atoms with E-state index in [1.54, 1.807) is 0 Å². The van der Waals surface area contributed by atoms with E-state index in [-0.39, 0.29) is 0 Å². The van der Waals surface area contributed by atoms with E-state index >= 15 is 0 Å². The van der Waals surface area contributed by atoms with Crippen molar-refractivity contribution >= 4 is 5.78 Å². The van der Waals surface area contributed by atoms with Gasteiger partial charge in [0.15, 0.2) is 0 Å². The summed E-state index contributed by atoms with van der Waals surface area (Å²) in [5, 5.41) is 0. The fourth-order valence-electron chi connectivity index (χ4n) is 2.58. The Morgan fingerprint density at radius 1 is 1.09 bits per heavy atom. The molecular formula is C10H14O. The first-order chi connectivity index (χ1) is 5.24. The Labute approximate surface area is 67.5 Å². The van der Waals surface area contributed by atoms with Crippen molar-refractivity contribution in [3.05, 3.63) is 12.2 Å². The van der Waals surface area contributed by atoms with E-state index in [9.17, 15) is 4.79 Å². The fourth-order valence-corrected chi connectivity index (χ4v) is 2.58. The molecule has 2 fully saturated rings. The van der Waals surface area contributed by atoms with Gasteiger partial charge in [-0.3, -0.25) is 4.79 Å². The Kier molecular flexibility index (Phi) is 1.59. The average Bonchev–Trinajstić information content (AvgIpc) is 1.82. The molecule has 2 saturated carbocycles. The van der Waals surface area contributed by atoms with Crippen molar-refractivity contribution in [2.45, 2.75) is 32.1 Å². The number of rotatable bonds is 0. The maximum absolute atomic E-state index is 11.2. The predicted octanol–water partition coefficient (Wildman–Crippen LogP) is 2.32. The number of carbonyl (C=O) groups is 1. The summed E-state index contributed by atoms with van der Waals surface area (Å²) in [5.41, 5.74) is 1.37. The lowest BCUT2D eigenvalue weighted by atomic mass is 9.70.